The van der Waals surface area contributed by atoms with Crippen LogP contribution in [0.15, 0.2) is 23.8 Å². The fourth-order valence-electron chi connectivity index (χ4n) is 7.75. The molecular weight excluding hydrogens is 412 g/mol. The minimum absolute atomic E-state index is 0.0197. The molecule has 3 N–H and O–H groups in total. The van der Waals surface area contributed by atoms with Crippen molar-refractivity contribution in [3.05, 3.63) is 23.8 Å². The number of ether oxygens (including phenoxy) is 2. The first-order valence-electron chi connectivity index (χ1n) is 15.0. The maximum Gasteiger partial charge on any atom is 0.193 e. The number of Topliss-reactive ketones (excluding diaryl/α,β-unsaturated/α-hetero) is 1. The largest absolute Gasteiger partial charge is 0.393 e. The molecule has 7 nitrogen and oxygen atoms in total. The van der Waals surface area contributed by atoms with Crippen LogP contribution in [0, 0.1) is 28.6 Å². The van der Waals surface area contributed by atoms with Crippen molar-refractivity contribution >= 4 is 11.6 Å². The first-order valence-corrected chi connectivity index (χ1v) is 11.0. The first kappa shape index (κ1) is 14.8. The van der Waals surface area contributed by atoms with Gasteiger partial charge >= 0.3 is 0 Å². The van der Waals surface area contributed by atoms with Gasteiger partial charge in [0.1, 0.15) is 6.61 Å². The van der Waals surface area contributed by atoms with Gasteiger partial charge in [-0.2, -0.15) is 0 Å². The molecular formula is C25H34O7. The van der Waals surface area contributed by atoms with Crippen LogP contribution in [-0.4, -0.2) is 63.7 Å². The number of fused-ring (bicyclic) bond motifs is 7. The van der Waals surface area contributed by atoms with E-state index in [4.69, 9.17) is 20.4 Å². The van der Waals surface area contributed by atoms with E-state index in [0.29, 0.717) is 5.57 Å². The highest BCUT2D eigenvalue weighted by Crippen LogP contribution is 2.69. The fourth-order valence-corrected chi connectivity index (χ4v) is 7.75. The smallest absolute Gasteiger partial charge is 0.193 e. The highest BCUT2D eigenvalue weighted by molar-refractivity contribution is 6.01. The number of hydrogen-bond donors (Lipinski definition) is 3. The molecule has 3 saturated carbocycles. The van der Waals surface area contributed by atoms with Crippen LogP contribution >= 0.6 is 0 Å². The first-order chi connectivity index (χ1) is 18.1. The van der Waals surface area contributed by atoms with Gasteiger partial charge in [-0.05, 0) is 55.2 Å². The molecule has 10 atom stereocenters. The van der Waals surface area contributed by atoms with Crippen LogP contribution in [0.25, 0.3) is 0 Å². The Kier molecular flexibility index (Phi) is 3.38. The van der Waals surface area contributed by atoms with Crippen molar-refractivity contribution in [2.45, 2.75) is 82.9 Å². The average Bonchev–Trinajstić information content (AvgIpc) is 3.27. The number of aliphatic hydroxyl groups excluding tert-OH is 3. The van der Waals surface area contributed by atoms with Crippen molar-refractivity contribution in [3.8, 4) is 0 Å². The monoisotopic (exact) mass is 454 g/mol. The van der Waals surface area contributed by atoms with Crippen molar-refractivity contribution in [3.63, 3.8) is 0 Å². The number of carbonyl (C=O) groups excluding carboxylic acids is 2. The van der Waals surface area contributed by atoms with E-state index in [-0.39, 0.29) is 25.0 Å². The third-order valence-corrected chi connectivity index (χ3v) is 8.90. The number of hydrogen-bond acceptors (Lipinski definition) is 7. The molecule has 32 heavy (non-hydrogen) atoms. The highest BCUT2D eigenvalue weighted by atomic mass is 16.7. The summed E-state index contributed by atoms with van der Waals surface area (Å²) in [6.45, 7) is -1.17. The number of allylic oxidation sites excluding steroid dienone is 3. The normalized spacial score (nSPS) is 58.8. The molecule has 4 aliphatic carbocycles. The van der Waals surface area contributed by atoms with Crippen molar-refractivity contribution < 1.29 is 45.3 Å². The summed E-state index contributed by atoms with van der Waals surface area (Å²) in [5.74, 6) is -2.67. The van der Waals surface area contributed by atoms with Crippen LogP contribution in [0.3, 0.4) is 0 Å². The van der Waals surface area contributed by atoms with Gasteiger partial charge in [-0.15, -0.1) is 0 Å². The van der Waals surface area contributed by atoms with E-state index >= 15 is 0 Å². The second-order valence-corrected chi connectivity index (χ2v) is 10.2. The van der Waals surface area contributed by atoms with Crippen LogP contribution in [-0.2, 0) is 19.1 Å². The van der Waals surface area contributed by atoms with Gasteiger partial charge in [-0.3, -0.25) is 9.59 Å². The Morgan fingerprint density at radius 3 is 2.88 bits per heavy atom. The molecule has 0 aromatic heterocycles. The maximum atomic E-state index is 13.5. The summed E-state index contributed by atoms with van der Waals surface area (Å²) in [5, 5.41) is 32.8. The van der Waals surface area contributed by atoms with Gasteiger partial charge in [-0.1, -0.05) is 33.1 Å². The van der Waals surface area contributed by atoms with Crippen LogP contribution in [0.1, 0.15) is 63.7 Å². The number of aliphatic hydroxyl groups is 3. The minimum atomic E-state index is -3.63. The fraction of sp³-hybridized carbons (Fsp3) is 0.760. The number of carbonyl (C=O) groups is 2. The molecule has 7 heteroatoms. The predicted octanol–water partition coefficient (Wildman–Crippen LogP) is 1.69. The van der Waals surface area contributed by atoms with E-state index in [0.717, 1.165) is 0 Å². The lowest BCUT2D eigenvalue weighted by atomic mass is 9.45. The van der Waals surface area contributed by atoms with Crippen LogP contribution in [0.5, 0.6) is 0 Å². The van der Waals surface area contributed by atoms with E-state index in [1.165, 1.54) is 12.2 Å². The highest BCUT2D eigenvalue weighted by Gasteiger charge is 2.76. The molecule has 0 amide bonds. The lowest BCUT2D eigenvalue weighted by Crippen LogP contribution is -2.64. The van der Waals surface area contributed by atoms with E-state index in [1.807, 2.05) is 6.92 Å². The molecule has 1 saturated heterocycles. The summed E-state index contributed by atoms with van der Waals surface area (Å²) in [6.07, 6.45) is -9.60. The minimum Gasteiger partial charge on any atom is -0.393 e. The molecule has 5 aliphatic rings. The van der Waals surface area contributed by atoms with Gasteiger partial charge in [0.2, 0.25) is 0 Å². The molecule has 0 radical (unpaired) electrons. The molecule has 0 aromatic rings. The molecule has 176 valence electrons. The lowest BCUT2D eigenvalue weighted by Gasteiger charge is -2.60. The van der Waals surface area contributed by atoms with Crippen LogP contribution < -0.4 is 0 Å². The summed E-state index contributed by atoms with van der Waals surface area (Å²) in [4.78, 5) is 25.6. The molecule has 5 rings (SSSR count). The third-order valence-electron chi connectivity index (χ3n) is 8.90. The molecule has 0 spiro atoms. The second kappa shape index (κ2) is 7.31. The topological polar surface area (TPSA) is 113 Å². The Balaban J connectivity index is 1.60. The molecule has 1 aliphatic heterocycles. The van der Waals surface area contributed by atoms with E-state index in [1.54, 1.807) is 13.0 Å². The number of rotatable bonds is 4. The molecule has 1 unspecified atom stereocenters. The SMILES string of the molecule is [2H]C([2H])([2H])C([2H])([2H])C([2H])([2H])C1([2H])O[C@H]2C[C@H]3[C@@H]4C[C@@H](O)C5=CC(=O)C=C[C@]5(C)[C@H]4[C@@H](O)C[C@]3(C)[C@]2(C(=O)CO)O1. The zero-order valence-electron chi connectivity index (χ0n) is 26.0. The Morgan fingerprint density at radius 1 is 1.38 bits per heavy atom. The average molecular weight is 455 g/mol. The standard InChI is InChI=1S/C25H34O7/c1-4-5-21-31-20-10-15-14-9-17(28)16-8-13(27)6-7-23(16,2)22(14)18(29)11-24(15,3)25(20,32-21)19(30)12-26/h6-8,14-15,17-18,20-22,26,28-29H,4-5,9-12H2,1-3H3/t14-,15-,17+,18-,20-,21?,22+,23-,24-,25+/m0/s1/i1D3,4D2,5D2,21D. The predicted molar refractivity (Wildman–Crippen MR) is 114 cm³/mol. The van der Waals surface area contributed by atoms with Crippen molar-refractivity contribution in [2.75, 3.05) is 6.61 Å². The third kappa shape index (κ3) is 2.66. The second-order valence-electron chi connectivity index (χ2n) is 10.2. The van der Waals surface area contributed by atoms with Gasteiger partial charge in [0.15, 0.2) is 23.4 Å². The van der Waals surface area contributed by atoms with Gasteiger partial charge in [0.05, 0.1) is 19.7 Å². The van der Waals surface area contributed by atoms with E-state index in [9.17, 15) is 24.9 Å². The van der Waals surface area contributed by atoms with Crippen molar-refractivity contribution in [1.82, 2.24) is 0 Å². The van der Waals surface area contributed by atoms with E-state index in [2.05, 4.69) is 0 Å². The molecule has 0 aromatic carbocycles. The molecule has 1 heterocycles. The van der Waals surface area contributed by atoms with E-state index < -0.39 is 90.8 Å². The summed E-state index contributed by atoms with van der Waals surface area (Å²) in [7, 11) is 0. The zero-order chi connectivity index (χ0) is 30.1. The molecule has 4 fully saturated rings. The maximum absolute atomic E-state index is 13.5. The van der Waals surface area contributed by atoms with Crippen LogP contribution in [0.2, 0.25) is 0 Å². The summed E-state index contributed by atoms with van der Waals surface area (Å²) in [5.41, 5.74) is -3.98. The lowest BCUT2D eigenvalue weighted by molar-refractivity contribution is -0.203. The summed E-state index contributed by atoms with van der Waals surface area (Å²) < 4.78 is 75.8. The van der Waals surface area contributed by atoms with Crippen LogP contribution in [0.4, 0.5) is 0 Å². The van der Waals surface area contributed by atoms with Gasteiger partial charge in [-0.25, -0.2) is 0 Å². The summed E-state index contributed by atoms with van der Waals surface area (Å²) >= 11 is 0. The Labute approximate surface area is 199 Å². The Bertz CT molecular complexity index is 1200. The molecule has 0 bridgehead atoms. The number of ketones is 2. The Morgan fingerprint density at radius 2 is 2.16 bits per heavy atom. The quantitative estimate of drug-likeness (QED) is 0.592. The Hall–Kier alpha value is -1.38. The van der Waals surface area contributed by atoms with Gasteiger partial charge in [0.25, 0.3) is 0 Å². The van der Waals surface area contributed by atoms with Crippen molar-refractivity contribution in [1.29, 1.82) is 0 Å². The zero-order valence-corrected chi connectivity index (χ0v) is 18.0. The van der Waals surface area contributed by atoms with Crippen molar-refractivity contribution in [2.24, 2.45) is 28.6 Å². The summed E-state index contributed by atoms with van der Waals surface area (Å²) in [6, 6.07) is 0. The van der Waals surface area contributed by atoms with Gasteiger partial charge in [0, 0.05) is 26.3 Å². The van der Waals surface area contributed by atoms with Gasteiger partial charge < -0.3 is 24.8 Å².